The van der Waals surface area contributed by atoms with E-state index in [9.17, 15) is 19.5 Å². The van der Waals surface area contributed by atoms with E-state index in [1.807, 2.05) is 72.8 Å². The van der Waals surface area contributed by atoms with E-state index in [-0.39, 0.29) is 29.6 Å². The molecule has 0 aliphatic carbocycles. The molecule has 2 aromatic rings. The molecule has 1 unspecified atom stereocenters. The van der Waals surface area contributed by atoms with Crippen LogP contribution < -0.4 is 9.80 Å². The molecular formula is C35H41N3O5S. The van der Waals surface area contributed by atoms with Gasteiger partial charge in [0.1, 0.15) is 6.04 Å². The maximum Gasteiger partial charge on any atom is 0.311 e. The zero-order valence-electron chi connectivity index (χ0n) is 25.4. The van der Waals surface area contributed by atoms with Crippen LogP contribution in [0.2, 0.25) is 0 Å². The van der Waals surface area contributed by atoms with Crippen molar-refractivity contribution in [1.82, 2.24) is 4.90 Å². The Hall–Kier alpha value is -3.56. The van der Waals surface area contributed by atoms with Crippen LogP contribution in [0.3, 0.4) is 0 Å². The van der Waals surface area contributed by atoms with Gasteiger partial charge < -0.3 is 24.5 Å². The Labute approximate surface area is 263 Å². The van der Waals surface area contributed by atoms with Gasteiger partial charge in [-0.2, -0.15) is 0 Å². The van der Waals surface area contributed by atoms with Crippen LogP contribution in [0.5, 0.6) is 0 Å². The van der Waals surface area contributed by atoms with Crippen LogP contribution in [0, 0.1) is 11.8 Å². The number of cyclic esters (lactones) is 1. The van der Waals surface area contributed by atoms with Crippen molar-refractivity contribution in [1.29, 1.82) is 0 Å². The zero-order valence-corrected chi connectivity index (χ0v) is 26.2. The quantitative estimate of drug-likeness (QED) is 0.351. The summed E-state index contributed by atoms with van der Waals surface area (Å²) in [5.41, 5.74) is 2.79. The van der Waals surface area contributed by atoms with Gasteiger partial charge >= 0.3 is 5.97 Å². The van der Waals surface area contributed by atoms with Gasteiger partial charge in [-0.15, -0.1) is 11.8 Å². The van der Waals surface area contributed by atoms with E-state index in [4.69, 9.17) is 4.74 Å². The normalized spacial score (nSPS) is 29.5. The van der Waals surface area contributed by atoms with E-state index in [1.165, 1.54) is 11.8 Å². The second kappa shape index (κ2) is 12.8. The molecule has 4 aliphatic rings. The van der Waals surface area contributed by atoms with Gasteiger partial charge in [-0.1, -0.05) is 54.6 Å². The van der Waals surface area contributed by atoms with Gasteiger partial charge in [-0.05, 0) is 62.9 Å². The summed E-state index contributed by atoms with van der Waals surface area (Å²) >= 11 is 1.53. The Morgan fingerprint density at radius 1 is 1.02 bits per heavy atom. The average molecular weight is 616 g/mol. The number of anilines is 2. The predicted octanol–water partition coefficient (Wildman–Crippen LogP) is 4.23. The van der Waals surface area contributed by atoms with Gasteiger partial charge in [-0.25, -0.2) is 0 Å². The van der Waals surface area contributed by atoms with Gasteiger partial charge in [0, 0.05) is 36.3 Å². The Morgan fingerprint density at radius 2 is 1.77 bits per heavy atom. The lowest BCUT2D eigenvalue weighted by Gasteiger charge is -2.38. The van der Waals surface area contributed by atoms with E-state index in [0.29, 0.717) is 19.6 Å². The van der Waals surface area contributed by atoms with Crippen LogP contribution in [0.1, 0.15) is 32.3 Å². The smallest absolute Gasteiger partial charge is 0.311 e. The van der Waals surface area contributed by atoms with Gasteiger partial charge in [-0.3, -0.25) is 14.4 Å². The van der Waals surface area contributed by atoms with Gasteiger partial charge in [0.25, 0.3) is 5.91 Å². The number of ether oxygens (including phenoxy) is 1. The molecule has 2 aromatic carbocycles. The highest BCUT2D eigenvalue weighted by molar-refractivity contribution is 8.02. The standard InChI is InChI=1S/C35H41N3O5S/c1-3-36(4-2)25-15-17-26(18-16-25)37-20-11-19-35-30(29-28(44-35)14-9-6-10-21-43-34(29)42)32(40)38(31(35)33(37)41)27(23-39)22-24-12-7-5-8-13-24/h5,7-9,11-19,27-31,39H,3-4,6,10,20-23H2,1-2H3/b14-9-/t27-,28+,29-,30+,31?,35+/m1/s1. The molecule has 2 fully saturated rings. The number of likely N-dealkylation sites (tertiary alicyclic amines) is 1. The summed E-state index contributed by atoms with van der Waals surface area (Å²) in [6.45, 7) is 6.33. The van der Waals surface area contributed by atoms with Gasteiger partial charge in [0.05, 0.1) is 35.8 Å². The van der Waals surface area contributed by atoms with Crippen LogP contribution in [0.15, 0.2) is 78.9 Å². The number of esters is 1. The number of benzene rings is 2. The number of aliphatic hydroxyl groups excluding tert-OH is 1. The lowest BCUT2D eigenvalue weighted by atomic mass is 9.78. The number of hydrogen-bond acceptors (Lipinski definition) is 7. The number of allylic oxidation sites excluding steroid dienone is 1. The molecule has 0 aromatic heterocycles. The van der Waals surface area contributed by atoms with E-state index in [2.05, 4.69) is 24.8 Å². The second-order valence-corrected chi connectivity index (χ2v) is 13.4. The lowest BCUT2D eigenvalue weighted by Crippen LogP contribution is -2.57. The van der Waals surface area contributed by atoms with Crippen molar-refractivity contribution in [2.75, 3.05) is 42.6 Å². The molecule has 2 amide bonds. The Balaban J connectivity index is 1.43. The molecular weight excluding hydrogens is 574 g/mol. The number of aliphatic hydroxyl groups is 1. The Bertz CT molecular complexity index is 1430. The molecule has 8 nitrogen and oxygen atoms in total. The highest BCUT2D eigenvalue weighted by Crippen LogP contribution is 2.61. The SMILES string of the molecule is CCN(CC)c1ccc(N2CC=C[C@]34S[C@H]5/C=C\CCCOC(=O)[C@H]5[C@H]3C(=O)N([C@@H](CO)Cc3ccccc3)C4C2=O)cc1. The molecule has 0 bridgehead atoms. The molecule has 4 heterocycles. The molecule has 1 spiro atoms. The monoisotopic (exact) mass is 615 g/mol. The third kappa shape index (κ3) is 5.24. The molecule has 6 rings (SSSR count). The first-order chi connectivity index (χ1) is 21.4. The summed E-state index contributed by atoms with van der Waals surface area (Å²) in [6, 6.07) is 16.1. The molecule has 232 valence electrons. The number of amides is 2. The minimum Gasteiger partial charge on any atom is -0.465 e. The largest absolute Gasteiger partial charge is 0.465 e. The van der Waals surface area contributed by atoms with Crippen molar-refractivity contribution >= 4 is 40.9 Å². The second-order valence-electron chi connectivity index (χ2n) is 11.9. The molecule has 9 heteroatoms. The number of thioether (sulfide) groups is 1. The Morgan fingerprint density at radius 3 is 2.48 bits per heavy atom. The fourth-order valence-corrected chi connectivity index (χ4v) is 9.38. The lowest BCUT2D eigenvalue weighted by molar-refractivity contribution is -0.153. The van der Waals surface area contributed by atoms with Crippen molar-refractivity contribution in [3.05, 3.63) is 84.5 Å². The number of rotatable bonds is 8. The first-order valence-electron chi connectivity index (χ1n) is 15.8. The highest BCUT2D eigenvalue weighted by atomic mass is 32.2. The Kier molecular flexibility index (Phi) is 8.87. The number of hydrogen-bond donors (Lipinski definition) is 1. The van der Waals surface area contributed by atoms with E-state index < -0.39 is 28.7 Å². The minimum atomic E-state index is -0.980. The molecule has 1 N–H and O–H groups in total. The summed E-state index contributed by atoms with van der Waals surface area (Å²) in [5, 5.41) is 10.4. The fraction of sp³-hybridized carbons (Fsp3) is 0.457. The zero-order chi connectivity index (χ0) is 30.8. The molecule has 6 atom stereocenters. The molecule has 2 saturated heterocycles. The summed E-state index contributed by atoms with van der Waals surface area (Å²) in [4.78, 5) is 48.7. The summed E-state index contributed by atoms with van der Waals surface area (Å²) in [6.07, 6.45) is 9.98. The molecule has 4 aliphatic heterocycles. The number of carbonyl (C=O) groups is 3. The van der Waals surface area contributed by atoms with Crippen LogP contribution in [0.25, 0.3) is 0 Å². The third-order valence-corrected chi connectivity index (χ3v) is 11.2. The van der Waals surface area contributed by atoms with Crippen molar-refractivity contribution in [2.45, 2.75) is 55.2 Å². The maximum atomic E-state index is 14.9. The fourth-order valence-electron chi connectivity index (χ4n) is 7.39. The summed E-state index contributed by atoms with van der Waals surface area (Å²) < 4.78 is 4.71. The average Bonchev–Trinajstić information content (AvgIpc) is 3.46. The number of fused-ring (bicyclic) bond motifs is 2. The summed E-state index contributed by atoms with van der Waals surface area (Å²) in [5.74, 6) is -2.37. The first-order valence-corrected chi connectivity index (χ1v) is 16.6. The molecule has 44 heavy (non-hydrogen) atoms. The molecule has 0 radical (unpaired) electrons. The third-order valence-electron chi connectivity index (χ3n) is 9.50. The van der Waals surface area contributed by atoms with Crippen LogP contribution in [-0.4, -0.2) is 82.7 Å². The van der Waals surface area contributed by atoms with Gasteiger partial charge in [0.2, 0.25) is 5.91 Å². The van der Waals surface area contributed by atoms with E-state index in [0.717, 1.165) is 42.9 Å². The highest BCUT2D eigenvalue weighted by Gasteiger charge is 2.71. The van der Waals surface area contributed by atoms with Crippen LogP contribution in [0.4, 0.5) is 11.4 Å². The van der Waals surface area contributed by atoms with Crippen LogP contribution in [-0.2, 0) is 25.5 Å². The van der Waals surface area contributed by atoms with Gasteiger partial charge in [0.15, 0.2) is 0 Å². The van der Waals surface area contributed by atoms with E-state index >= 15 is 0 Å². The maximum absolute atomic E-state index is 14.9. The topological polar surface area (TPSA) is 90.4 Å². The van der Waals surface area contributed by atoms with Crippen molar-refractivity contribution in [3.8, 4) is 0 Å². The summed E-state index contributed by atoms with van der Waals surface area (Å²) in [7, 11) is 0. The predicted molar refractivity (Wildman–Crippen MR) is 174 cm³/mol. The first kappa shape index (κ1) is 30.5. The minimum absolute atomic E-state index is 0.204. The van der Waals surface area contributed by atoms with Crippen molar-refractivity contribution in [3.63, 3.8) is 0 Å². The van der Waals surface area contributed by atoms with Crippen LogP contribution >= 0.6 is 11.8 Å². The number of carbonyl (C=O) groups excluding carboxylic acids is 3. The van der Waals surface area contributed by atoms with E-state index in [1.54, 1.807) is 9.80 Å². The van der Waals surface area contributed by atoms with Crippen molar-refractivity contribution < 1.29 is 24.2 Å². The molecule has 0 saturated carbocycles. The number of nitrogens with zero attached hydrogens (tertiary/aromatic N) is 3. The van der Waals surface area contributed by atoms with Crippen molar-refractivity contribution in [2.24, 2.45) is 11.8 Å².